The molecule has 1 aromatic heterocycles. The fourth-order valence-electron chi connectivity index (χ4n) is 2.31. The van der Waals surface area contributed by atoms with Gasteiger partial charge in [0, 0.05) is 21.6 Å². The van der Waals surface area contributed by atoms with Gasteiger partial charge in [-0.2, -0.15) is 0 Å². The number of nitrogens with zero attached hydrogens (tertiary/aromatic N) is 1. The molecule has 2 nitrogen and oxygen atoms in total. The predicted octanol–water partition coefficient (Wildman–Crippen LogP) is 5.90. The lowest BCUT2D eigenvalue weighted by Gasteiger charge is -2.07. The maximum atomic E-state index is 6.20. The average Bonchev–Trinajstić information content (AvgIpc) is 2.72. The van der Waals surface area contributed by atoms with E-state index in [9.17, 15) is 0 Å². The van der Waals surface area contributed by atoms with Crippen LogP contribution in [0.1, 0.15) is 5.56 Å². The molecule has 6 heteroatoms. The number of hydrogen-bond acceptors (Lipinski definition) is 1. The van der Waals surface area contributed by atoms with Gasteiger partial charge in [-0.05, 0) is 54.5 Å². The van der Waals surface area contributed by atoms with Crippen molar-refractivity contribution in [3.05, 3.63) is 61.8 Å². The first-order chi connectivity index (χ1) is 10.0. The summed E-state index contributed by atoms with van der Waals surface area (Å²) in [6.07, 6.45) is 0.778. The maximum absolute atomic E-state index is 6.20. The number of benzene rings is 2. The summed E-state index contributed by atoms with van der Waals surface area (Å²) in [7, 11) is 0. The molecule has 0 aliphatic heterocycles. The van der Waals surface area contributed by atoms with Crippen LogP contribution in [0, 0.1) is 4.77 Å². The zero-order chi connectivity index (χ0) is 15.0. The van der Waals surface area contributed by atoms with Gasteiger partial charge >= 0.3 is 0 Å². The minimum atomic E-state index is 0.641. The number of fused-ring (bicyclic) bond motifs is 1. The normalized spacial score (nSPS) is 11.2. The first kappa shape index (κ1) is 14.9. The third kappa shape index (κ3) is 3.11. The van der Waals surface area contributed by atoms with Crippen LogP contribution in [0.25, 0.3) is 11.0 Å². The minimum Gasteiger partial charge on any atom is -0.331 e. The van der Waals surface area contributed by atoms with Crippen LogP contribution < -0.4 is 0 Å². The minimum absolute atomic E-state index is 0.641. The van der Waals surface area contributed by atoms with Gasteiger partial charge in [0.2, 0.25) is 0 Å². The molecule has 108 valence electrons. The second kappa shape index (κ2) is 6.01. The number of halogens is 3. The van der Waals surface area contributed by atoms with Gasteiger partial charge in [-0.25, -0.2) is 0 Å². The zero-order valence-corrected chi connectivity index (χ0v) is 14.0. The Morgan fingerprint density at radius 2 is 1.71 bits per heavy atom. The molecule has 1 heterocycles. The highest BCUT2D eigenvalue weighted by atomic mass is 35.5. The molecule has 0 fully saturated rings. The van der Waals surface area contributed by atoms with E-state index >= 15 is 0 Å². The summed E-state index contributed by atoms with van der Waals surface area (Å²) in [4.78, 5) is 3.17. The van der Waals surface area contributed by atoms with E-state index < -0.39 is 0 Å². The number of imidazole rings is 1. The van der Waals surface area contributed by atoms with Crippen LogP contribution in [-0.4, -0.2) is 9.55 Å². The molecule has 0 aliphatic rings. The number of H-pyrrole nitrogens is 1. The van der Waals surface area contributed by atoms with Crippen LogP contribution in [-0.2, 0) is 13.0 Å². The first-order valence-electron chi connectivity index (χ1n) is 6.36. The van der Waals surface area contributed by atoms with Crippen molar-refractivity contribution in [3.8, 4) is 0 Å². The van der Waals surface area contributed by atoms with Gasteiger partial charge in [0.15, 0.2) is 4.77 Å². The molecular weight excluding hydrogens is 347 g/mol. The summed E-state index contributed by atoms with van der Waals surface area (Å²) in [5.41, 5.74) is 3.02. The van der Waals surface area contributed by atoms with Crippen LogP contribution in [0.4, 0.5) is 0 Å². The molecule has 0 amide bonds. The Bertz CT molecular complexity index is 867. The van der Waals surface area contributed by atoms with E-state index in [4.69, 9.17) is 47.0 Å². The molecule has 0 saturated heterocycles. The lowest BCUT2D eigenvalue weighted by molar-refractivity contribution is 0.706. The van der Waals surface area contributed by atoms with Gasteiger partial charge in [0.1, 0.15) is 0 Å². The number of rotatable bonds is 3. The van der Waals surface area contributed by atoms with Crippen molar-refractivity contribution in [2.75, 3.05) is 0 Å². The number of aromatic amines is 1. The van der Waals surface area contributed by atoms with E-state index in [0.29, 0.717) is 19.8 Å². The summed E-state index contributed by atoms with van der Waals surface area (Å²) < 4.78 is 2.73. The third-order valence-corrected chi connectivity index (χ3v) is 4.50. The molecule has 0 aliphatic carbocycles. The van der Waals surface area contributed by atoms with Crippen molar-refractivity contribution in [2.24, 2.45) is 0 Å². The van der Waals surface area contributed by atoms with E-state index in [1.54, 1.807) is 6.07 Å². The molecule has 2 aromatic carbocycles. The largest absolute Gasteiger partial charge is 0.331 e. The van der Waals surface area contributed by atoms with Crippen molar-refractivity contribution in [1.82, 2.24) is 9.55 Å². The van der Waals surface area contributed by atoms with Crippen LogP contribution in [0.3, 0.4) is 0 Å². The molecule has 21 heavy (non-hydrogen) atoms. The van der Waals surface area contributed by atoms with Crippen molar-refractivity contribution >= 4 is 58.1 Å². The Hall–Kier alpha value is -1.000. The van der Waals surface area contributed by atoms with Gasteiger partial charge in [0.25, 0.3) is 0 Å². The number of aryl methyl sites for hydroxylation is 2. The Morgan fingerprint density at radius 3 is 2.48 bits per heavy atom. The van der Waals surface area contributed by atoms with Crippen molar-refractivity contribution in [1.29, 1.82) is 0 Å². The summed E-state index contributed by atoms with van der Waals surface area (Å²) in [5.74, 6) is 0. The molecule has 1 N–H and O–H groups in total. The van der Waals surface area contributed by atoms with Crippen LogP contribution in [0.5, 0.6) is 0 Å². The van der Waals surface area contributed by atoms with E-state index in [2.05, 4.69) is 4.98 Å². The van der Waals surface area contributed by atoms with Gasteiger partial charge < -0.3 is 9.55 Å². The van der Waals surface area contributed by atoms with Crippen LogP contribution in [0.2, 0.25) is 15.1 Å². The predicted molar refractivity (Wildman–Crippen MR) is 92.3 cm³/mol. The van der Waals surface area contributed by atoms with Gasteiger partial charge in [-0.1, -0.05) is 40.9 Å². The highest BCUT2D eigenvalue weighted by Gasteiger charge is 2.07. The summed E-state index contributed by atoms with van der Waals surface area (Å²) in [6.45, 7) is 0.738. The maximum Gasteiger partial charge on any atom is 0.178 e. The number of hydrogen-bond donors (Lipinski definition) is 1. The molecule has 0 unspecified atom stereocenters. The van der Waals surface area contributed by atoms with Crippen molar-refractivity contribution < 1.29 is 0 Å². The van der Waals surface area contributed by atoms with Crippen LogP contribution >= 0.6 is 47.0 Å². The Morgan fingerprint density at radius 1 is 1.00 bits per heavy atom. The monoisotopic (exact) mass is 356 g/mol. The van der Waals surface area contributed by atoms with Crippen LogP contribution in [0.15, 0.2) is 36.4 Å². The van der Waals surface area contributed by atoms with Gasteiger partial charge in [0.05, 0.1) is 11.0 Å². The zero-order valence-electron chi connectivity index (χ0n) is 10.9. The third-order valence-electron chi connectivity index (χ3n) is 3.36. The van der Waals surface area contributed by atoms with E-state index in [1.807, 2.05) is 34.9 Å². The molecule has 0 radical (unpaired) electrons. The molecule has 0 bridgehead atoms. The highest BCUT2D eigenvalue weighted by molar-refractivity contribution is 7.71. The SMILES string of the molecule is S=c1[nH]c2cc(Cl)ccc2n1CCc1ccc(Cl)cc1Cl. The molecular formula is C15H11Cl3N2S. The van der Waals surface area contributed by atoms with E-state index in [-0.39, 0.29) is 0 Å². The molecule has 0 spiro atoms. The van der Waals surface area contributed by atoms with Crippen molar-refractivity contribution in [3.63, 3.8) is 0 Å². The summed E-state index contributed by atoms with van der Waals surface area (Å²) in [6, 6.07) is 11.2. The fraction of sp³-hybridized carbons (Fsp3) is 0.133. The fourth-order valence-corrected chi connectivity index (χ4v) is 3.29. The molecule has 3 aromatic rings. The standard InChI is InChI=1S/C15H11Cl3N2S/c16-10-2-1-9(12(18)7-10)5-6-20-14-4-3-11(17)8-13(14)19-15(20)21/h1-4,7-8H,5-6H2,(H,19,21). The molecule has 3 rings (SSSR count). The Kier molecular flexibility index (Phi) is 4.27. The number of nitrogens with one attached hydrogen (secondary N) is 1. The van der Waals surface area contributed by atoms with Crippen molar-refractivity contribution in [2.45, 2.75) is 13.0 Å². The Balaban J connectivity index is 1.91. The topological polar surface area (TPSA) is 20.7 Å². The summed E-state index contributed by atoms with van der Waals surface area (Å²) in [5, 5.41) is 2.01. The first-order valence-corrected chi connectivity index (χ1v) is 7.91. The lowest BCUT2D eigenvalue weighted by atomic mass is 10.1. The van der Waals surface area contributed by atoms with E-state index in [1.165, 1.54) is 0 Å². The van der Waals surface area contributed by atoms with Gasteiger partial charge in [-0.3, -0.25) is 0 Å². The smallest absolute Gasteiger partial charge is 0.178 e. The second-order valence-electron chi connectivity index (χ2n) is 4.73. The van der Waals surface area contributed by atoms with Gasteiger partial charge in [-0.15, -0.1) is 0 Å². The summed E-state index contributed by atoms with van der Waals surface area (Å²) >= 11 is 23.5. The second-order valence-corrected chi connectivity index (χ2v) is 6.40. The number of aromatic nitrogens is 2. The molecule has 0 saturated carbocycles. The average molecular weight is 358 g/mol. The van der Waals surface area contributed by atoms with E-state index in [0.717, 1.165) is 29.6 Å². The molecule has 0 atom stereocenters. The lowest BCUT2D eigenvalue weighted by Crippen LogP contribution is -2.01. The quantitative estimate of drug-likeness (QED) is 0.579. The Labute approximate surface area is 142 Å². The highest BCUT2D eigenvalue weighted by Crippen LogP contribution is 2.23.